The Balaban J connectivity index is 3.42. The zero-order valence-corrected chi connectivity index (χ0v) is 11.9. The monoisotopic (exact) mass is 243 g/mol. The number of amides is 1. The Morgan fingerprint density at radius 3 is 2.35 bits per heavy atom. The van der Waals surface area contributed by atoms with Gasteiger partial charge in [-0.2, -0.15) is 0 Å². The number of hydrogen-bond acceptors (Lipinski definition) is 3. The number of nitrogens with one attached hydrogen (secondary N) is 2. The van der Waals surface area contributed by atoms with Gasteiger partial charge in [-0.3, -0.25) is 4.79 Å². The van der Waals surface area contributed by atoms with Crippen LogP contribution >= 0.6 is 0 Å². The Morgan fingerprint density at radius 1 is 1.18 bits per heavy atom. The Morgan fingerprint density at radius 2 is 1.82 bits per heavy atom. The van der Waals surface area contributed by atoms with Crippen molar-refractivity contribution < 1.29 is 4.79 Å². The maximum absolute atomic E-state index is 11.5. The molecule has 102 valence electrons. The third kappa shape index (κ3) is 9.12. The highest BCUT2D eigenvalue weighted by Gasteiger charge is 2.04. The molecule has 0 heterocycles. The van der Waals surface area contributed by atoms with Gasteiger partial charge in [0.05, 0.1) is 0 Å². The average molecular weight is 243 g/mol. The fourth-order valence-corrected chi connectivity index (χ4v) is 1.55. The molecule has 17 heavy (non-hydrogen) atoms. The lowest BCUT2D eigenvalue weighted by Gasteiger charge is -2.18. The lowest BCUT2D eigenvalue weighted by atomic mass is 10.2. The van der Waals surface area contributed by atoms with Crippen LogP contribution in [0, 0.1) is 0 Å². The molecule has 0 saturated heterocycles. The Hall–Kier alpha value is -0.610. The lowest BCUT2D eigenvalue weighted by molar-refractivity contribution is -0.121. The van der Waals surface area contributed by atoms with Gasteiger partial charge in [-0.05, 0) is 26.4 Å². The summed E-state index contributed by atoms with van der Waals surface area (Å²) in [4.78, 5) is 13.8. The van der Waals surface area contributed by atoms with Gasteiger partial charge in [0.1, 0.15) is 0 Å². The van der Waals surface area contributed by atoms with Crippen LogP contribution in [0.25, 0.3) is 0 Å². The van der Waals surface area contributed by atoms with Gasteiger partial charge in [0.15, 0.2) is 0 Å². The van der Waals surface area contributed by atoms with Gasteiger partial charge >= 0.3 is 0 Å². The predicted molar refractivity (Wildman–Crippen MR) is 73.2 cm³/mol. The van der Waals surface area contributed by atoms with Crippen molar-refractivity contribution in [2.45, 2.75) is 46.6 Å². The molecule has 0 aromatic rings. The molecule has 1 atom stereocenters. The van der Waals surface area contributed by atoms with E-state index in [1.165, 1.54) is 0 Å². The smallest absolute Gasteiger partial charge is 0.221 e. The Bertz CT molecular complexity index is 193. The zero-order valence-electron chi connectivity index (χ0n) is 11.9. The van der Waals surface area contributed by atoms with Crippen LogP contribution in [0.1, 0.15) is 40.5 Å². The number of nitrogens with zero attached hydrogens (tertiary/aromatic N) is 1. The van der Waals surface area contributed by atoms with E-state index in [0.717, 1.165) is 39.1 Å². The first-order valence-electron chi connectivity index (χ1n) is 6.86. The summed E-state index contributed by atoms with van der Waals surface area (Å²) in [6.45, 7) is 13.4. The highest BCUT2D eigenvalue weighted by Crippen LogP contribution is 1.89. The normalized spacial score (nSPS) is 12.8. The van der Waals surface area contributed by atoms with Crippen LogP contribution in [0.15, 0.2) is 0 Å². The van der Waals surface area contributed by atoms with E-state index in [1.54, 1.807) is 0 Å². The van der Waals surface area contributed by atoms with Crippen molar-refractivity contribution in [1.82, 2.24) is 15.5 Å². The first-order chi connectivity index (χ1) is 8.13. The molecule has 1 unspecified atom stereocenters. The second-order valence-corrected chi connectivity index (χ2v) is 4.40. The van der Waals surface area contributed by atoms with E-state index >= 15 is 0 Å². The average Bonchev–Trinajstić information content (AvgIpc) is 2.33. The minimum absolute atomic E-state index is 0.148. The van der Waals surface area contributed by atoms with Crippen molar-refractivity contribution in [2.75, 3.05) is 32.7 Å². The second-order valence-electron chi connectivity index (χ2n) is 4.40. The van der Waals surface area contributed by atoms with E-state index in [4.69, 9.17) is 0 Å². The van der Waals surface area contributed by atoms with Gasteiger partial charge in [0.25, 0.3) is 0 Å². The first-order valence-corrected chi connectivity index (χ1v) is 6.86. The molecule has 0 radical (unpaired) electrons. The Labute approximate surface area is 106 Å². The first kappa shape index (κ1) is 16.4. The van der Waals surface area contributed by atoms with Gasteiger partial charge in [-0.15, -0.1) is 0 Å². The van der Waals surface area contributed by atoms with Gasteiger partial charge in [0.2, 0.25) is 5.91 Å². The molecule has 0 aliphatic heterocycles. The van der Waals surface area contributed by atoms with E-state index in [-0.39, 0.29) is 11.9 Å². The number of likely N-dealkylation sites (N-methyl/N-ethyl adjacent to an activating group) is 1. The number of rotatable bonds is 10. The predicted octanol–water partition coefficient (Wildman–Crippen LogP) is 1.22. The van der Waals surface area contributed by atoms with Crippen LogP contribution in [0.2, 0.25) is 0 Å². The van der Waals surface area contributed by atoms with Gasteiger partial charge in [-0.25, -0.2) is 0 Å². The summed E-state index contributed by atoms with van der Waals surface area (Å²) in [5.41, 5.74) is 0. The summed E-state index contributed by atoms with van der Waals surface area (Å²) >= 11 is 0. The maximum Gasteiger partial charge on any atom is 0.221 e. The van der Waals surface area contributed by atoms with Gasteiger partial charge < -0.3 is 15.5 Å². The maximum atomic E-state index is 11.5. The fraction of sp³-hybridized carbons (Fsp3) is 0.923. The van der Waals surface area contributed by atoms with Crippen molar-refractivity contribution in [3.63, 3.8) is 0 Å². The summed E-state index contributed by atoms with van der Waals surface area (Å²) < 4.78 is 0. The molecule has 0 aliphatic carbocycles. The molecule has 0 aromatic carbocycles. The van der Waals surface area contributed by atoms with Crippen molar-refractivity contribution in [2.24, 2.45) is 0 Å². The minimum atomic E-state index is 0.148. The quantitative estimate of drug-likeness (QED) is 0.567. The molecule has 0 spiro atoms. The molecule has 0 bridgehead atoms. The van der Waals surface area contributed by atoms with Crippen LogP contribution in [0.3, 0.4) is 0 Å². The van der Waals surface area contributed by atoms with Crippen LogP contribution in [0.5, 0.6) is 0 Å². The van der Waals surface area contributed by atoms with Crippen molar-refractivity contribution in [3.05, 3.63) is 0 Å². The molecule has 4 heteroatoms. The van der Waals surface area contributed by atoms with Crippen LogP contribution in [0.4, 0.5) is 0 Å². The van der Waals surface area contributed by atoms with Gasteiger partial charge in [0, 0.05) is 32.1 Å². The van der Waals surface area contributed by atoms with E-state index < -0.39 is 0 Å². The van der Waals surface area contributed by atoms with Crippen LogP contribution in [-0.4, -0.2) is 49.6 Å². The summed E-state index contributed by atoms with van der Waals surface area (Å²) in [6, 6.07) is 0.290. The number of carbonyl (C=O) groups excluding carboxylic acids is 1. The van der Waals surface area contributed by atoms with Crippen LogP contribution in [-0.2, 0) is 4.79 Å². The zero-order chi connectivity index (χ0) is 13.1. The Kier molecular flexibility index (Phi) is 10.2. The molecule has 4 nitrogen and oxygen atoms in total. The molecule has 0 aliphatic rings. The molecule has 0 rings (SSSR count). The summed E-state index contributed by atoms with van der Waals surface area (Å²) in [5.74, 6) is 0.148. The third-order valence-corrected chi connectivity index (χ3v) is 3.05. The summed E-state index contributed by atoms with van der Waals surface area (Å²) in [6.07, 6.45) is 1.56. The van der Waals surface area contributed by atoms with E-state index in [2.05, 4.69) is 36.3 Å². The second kappa shape index (κ2) is 10.5. The van der Waals surface area contributed by atoms with Crippen molar-refractivity contribution in [3.8, 4) is 0 Å². The summed E-state index contributed by atoms with van der Waals surface area (Å²) in [5, 5.41) is 6.27. The molecule has 1 amide bonds. The highest BCUT2D eigenvalue weighted by molar-refractivity contribution is 5.76. The summed E-state index contributed by atoms with van der Waals surface area (Å²) in [7, 11) is 0. The highest BCUT2D eigenvalue weighted by atomic mass is 16.1. The van der Waals surface area contributed by atoms with Crippen molar-refractivity contribution in [1.29, 1.82) is 0 Å². The fourth-order valence-electron chi connectivity index (χ4n) is 1.55. The van der Waals surface area contributed by atoms with Crippen LogP contribution < -0.4 is 10.6 Å². The topological polar surface area (TPSA) is 44.4 Å². The molecular weight excluding hydrogens is 214 g/mol. The molecular formula is C13H29N3O. The third-order valence-electron chi connectivity index (χ3n) is 3.05. The number of carbonyl (C=O) groups is 1. The lowest BCUT2D eigenvalue weighted by Crippen LogP contribution is -2.36. The number of hydrogen-bond donors (Lipinski definition) is 2. The molecule has 0 aromatic heterocycles. The minimum Gasteiger partial charge on any atom is -0.354 e. The standard InChI is InChI=1S/C13H29N3O/c1-5-12(4)15-13(17)8-9-14-10-11-16(6-2)7-3/h12,14H,5-11H2,1-4H3,(H,15,17). The van der Waals surface area contributed by atoms with Crippen molar-refractivity contribution >= 4 is 5.91 Å². The van der Waals surface area contributed by atoms with E-state index in [0.29, 0.717) is 6.42 Å². The molecule has 2 N–H and O–H groups in total. The largest absolute Gasteiger partial charge is 0.354 e. The van der Waals surface area contributed by atoms with Gasteiger partial charge in [-0.1, -0.05) is 20.8 Å². The molecule has 0 saturated carbocycles. The van der Waals surface area contributed by atoms with E-state index in [9.17, 15) is 4.79 Å². The van der Waals surface area contributed by atoms with E-state index in [1.807, 2.05) is 6.92 Å². The molecule has 0 fully saturated rings. The SMILES string of the molecule is CCC(C)NC(=O)CCNCCN(CC)CC.